The summed E-state index contributed by atoms with van der Waals surface area (Å²) in [6.45, 7) is 0. The number of hydrogen-bond donors (Lipinski definition) is 2. The number of hydrogen-bond acceptors (Lipinski definition) is 2. The predicted molar refractivity (Wildman–Crippen MR) is 52.4 cm³/mol. The van der Waals surface area contributed by atoms with Gasteiger partial charge in [0.2, 0.25) is 0 Å². The molecule has 0 heterocycles. The molecule has 0 aliphatic rings. The molecule has 0 aromatic heterocycles. The van der Waals surface area contributed by atoms with E-state index in [0.29, 0.717) is 10.6 Å². The Kier molecular flexibility index (Phi) is 2.88. The van der Waals surface area contributed by atoms with Crippen LogP contribution in [0.4, 0.5) is 0 Å². The number of benzene rings is 1. The van der Waals surface area contributed by atoms with Crippen LogP contribution in [0.15, 0.2) is 30.5 Å². The van der Waals surface area contributed by atoms with Gasteiger partial charge in [-0.25, -0.2) is 0 Å². The van der Waals surface area contributed by atoms with Gasteiger partial charge in [-0.1, -0.05) is 29.8 Å². The smallest absolute Gasteiger partial charge is 0.0485 e. The van der Waals surface area contributed by atoms with Gasteiger partial charge < -0.3 is 11.1 Å². The van der Waals surface area contributed by atoms with Crippen molar-refractivity contribution < 1.29 is 0 Å². The summed E-state index contributed by atoms with van der Waals surface area (Å²) in [7, 11) is 0. The van der Waals surface area contributed by atoms with E-state index in [2.05, 4.69) is 0 Å². The van der Waals surface area contributed by atoms with Gasteiger partial charge in [0.05, 0.1) is 0 Å². The van der Waals surface area contributed by atoms with Gasteiger partial charge in [-0.15, -0.1) is 0 Å². The van der Waals surface area contributed by atoms with E-state index in [4.69, 9.17) is 22.7 Å². The summed E-state index contributed by atoms with van der Waals surface area (Å²) in [5.41, 5.74) is 6.73. The number of halogens is 1. The summed E-state index contributed by atoms with van der Waals surface area (Å²) in [6.07, 6.45) is 2.55. The van der Waals surface area contributed by atoms with E-state index >= 15 is 0 Å². The highest BCUT2D eigenvalue weighted by Crippen LogP contribution is 2.21. The molecular weight excluding hydrogens is 172 g/mol. The maximum absolute atomic E-state index is 7.06. The Morgan fingerprint density at radius 1 is 1.42 bits per heavy atom. The van der Waals surface area contributed by atoms with Crippen molar-refractivity contribution in [1.82, 2.24) is 0 Å². The van der Waals surface area contributed by atoms with Gasteiger partial charge in [0.1, 0.15) is 0 Å². The third kappa shape index (κ3) is 1.66. The molecule has 0 saturated carbocycles. The zero-order chi connectivity index (χ0) is 8.97. The van der Waals surface area contributed by atoms with Crippen LogP contribution < -0.4 is 5.73 Å². The van der Waals surface area contributed by atoms with Gasteiger partial charge in [-0.05, 0) is 6.07 Å². The van der Waals surface area contributed by atoms with Crippen LogP contribution in [0.1, 0.15) is 5.56 Å². The average molecular weight is 181 g/mol. The van der Waals surface area contributed by atoms with Gasteiger partial charge in [-0.3, -0.25) is 0 Å². The molecule has 0 bridgehead atoms. The molecule has 0 atom stereocenters. The summed E-state index contributed by atoms with van der Waals surface area (Å²) in [4.78, 5) is 0. The maximum atomic E-state index is 7.06. The lowest BCUT2D eigenvalue weighted by Gasteiger charge is -2.01. The van der Waals surface area contributed by atoms with Crippen molar-refractivity contribution >= 4 is 23.4 Å². The van der Waals surface area contributed by atoms with Crippen molar-refractivity contribution in [1.29, 1.82) is 5.41 Å². The zero-order valence-electron chi connectivity index (χ0n) is 6.42. The van der Waals surface area contributed by atoms with Crippen molar-refractivity contribution in [3.05, 3.63) is 41.1 Å². The third-order valence-electron chi connectivity index (χ3n) is 1.52. The Morgan fingerprint density at radius 3 is 2.58 bits per heavy atom. The van der Waals surface area contributed by atoms with Gasteiger partial charge >= 0.3 is 0 Å². The first kappa shape index (κ1) is 8.81. The standard InChI is InChI=1S/C9H9ClN2/c10-9-4-2-1-3-8(9)7(5-11)6-12/h1-6,11H,12H2. The average Bonchev–Trinajstić information content (AvgIpc) is 2.10. The van der Waals surface area contributed by atoms with Crippen molar-refractivity contribution in [2.24, 2.45) is 5.73 Å². The number of allylic oxidation sites excluding steroid dienone is 1. The van der Waals surface area contributed by atoms with Gasteiger partial charge in [0.25, 0.3) is 0 Å². The molecular formula is C9H9ClN2. The largest absolute Gasteiger partial charge is 0.404 e. The fourth-order valence-electron chi connectivity index (χ4n) is 0.911. The zero-order valence-corrected chi connectivity index (χ0v) is 7.18. The van der Waals surface area contributed by atoms with Crippen LogP contribution in [0.5, 0.6) is 0 Å². The minimum Gasteiger partial charge on any atom is -0.404 e. The van der Waals surface area contributed by atoms with E-state index < -0.39 is 0 Å². The number of rotatable bonds is 2. The Hall–Kier alpha value is -1.28. The van der Waals surface area contributed by atoms with E-state index in [-0.39, 0.29) is 0 Å². The van der Waals surface area contributed by atoms with Crippen LogP contribution in [0.25, 0.3) is 5.57 Å². The second-order valence-electron chi connectivity index (χ2n) is 2.25. The van der Waals surface area contributed by atoms with Crippen molar-refractivity contribution in [2.45, 2.75) is 0 Å². The van der Waals surface area contributed by atoms with Crippen LogP contribution in [0.3, 0.4) is 0 Å². The second kappa shape index (κ2) is 3.93. The van der Waals surface area contributed by atoms with Crippen LogP contribution in [0.2, 0.25) is 5.02 Å². The first-order valence-electron chi connectivity index (χ1n) is 3.47. The van der Waals surface area contributed by atoms with Crippen molar-refractivity contribution in [3.63, 3.8) is 0 Å². The van der Waals surface area contributed by atoms with Gasteiger partial charge in [0.15, 0.2) is 0 Å². The Balaban J connectivity index is 3.18. The normalized spacial score (nSPS) is 11.2. The molecule has 0 radical (unpaired) electrons. The van der Waals surface area contributed by atoms with Crippen molar-refractivity contribution in [3.8, 4) is 0 Å². The summed E-state index contributed by atoms with van der Waals surface area (Å²) in [6, 6.07) is 7.29. The van der Waals surface area contributed by atoms with Crippen LogP contribution in [-0.2, 0) is 0 Å². The molecule has 1 rings (SSSR count). The first-order chi connectivity index (χ1) is 5.79. The molecule has 0 aliphatic carbocycles. The summed E-state index contributed by atoms with van der Waals surface area (Å²) >= 11 is 5.88. The summed E-state index contributed by atoms with van der Waals surface area (Å²) in [5, 5.41) is 7.67. The Labute approximate surface area is 76.2 Å². The molecule has 0 saturated heterocycles. The van der Waals surface area contributed by atoms with Crippen LogP contribution >= 0.6 is 11.6 Å². The topological polar surface area (TPSA) is 49.9 Å². The summed E-state index contributed by atoms with van der Waals surface area (Å²) < 4.78 is 0. The lowest BCUT2D eigenvalue weighted by molar-refractivity contribution is 1.53. The SMILES string of the molecule is N=CC(=CN)c1ccccc1Cl. The molecule has 3 heteroatoms. The highest BCUT2D eigenvalue weighted by atomic mass is 35.5. The van der Waals surface area contributed by atoms with Crippen LogP contribution in [0, 0.1) is 5.41 Å². The highest BCUT2D eigenvalue weighted by Gasteiger charge is 2.01. The number of nitrogens with one attached hydrogen (secondary N) is 1. The fourth-order valence-corrected chi connectivity index (χ4v) is 1.16. The monoisotopic (exact) mass is 180 g/mol. The van der Waals surface area contributed by atoms with Gasteiger partial charge in [-0.2, -0.15) is 0 Å². The fraction of sp³-hybridized carbons (Fsp3) is 0. The van der Waals surface area contributed by atoms with E-state index in [1.165, 1.54) is 12.4 Å². The van der Waals surface area contributed by atoms with E-state index in [0.717, 1.165) is 5.56 Å². The van der Waals surface area contributed by atoms with Gasteiger partial charge in [0, 0.05) is 28.6 Å². The van der Waals surface area contributed by atoms with E-state index in [1.807, 2.05) is 18.2 Å². The highest BCUT2D eigenvalue weighted by molar-refractivity contribution is 6.33. The molecule has 3 N–H and O–H groups in total. The molecule has 0 fully saturated rings. The maximum Gasteiger partial charge on any atom is 0.0485 e. The minimum absolute atomic E-state index is 0.609. The molecule has 0 spiro atoms. The molecule has 12 heavy (non-hydrogen) atoms. The second-order valence-corrected chi connectivity index (χ2v) is 2.65. The molecule has 2 nitrogen and oxygen atoms in total. The van der Waals surface area contributed by atoms with E-state index in [9.17, 15) is 0 Å². The summed E-state index contributed by atoms with van der Waals surface area (Å²) in [5.74, 6) is 0. The van der Waals surface area contributed by atoms with Crippen LogP contribution in [-0.4, -0.2) is 6.21 Å². The lowest BCUT2D eigenvalue weighted by Crippen LogP contribution is -1.90. The molecule has 62 valence electrons. The Bertz CT molecular complexity index is 318. The molecule has 0 amide bonds. The molecule has 0 aliphatic heterocycles. The first-order valence-corrected chi connectivity index (χ1v) is 3.84. The minimum atomic E-state index is 0.609. The Morgan fingerprint density at radius 2 is 2.08 bits per heavy atom. The molecule has 1 aromatic rings. The number of nitrogens with two attached hydrogens (primary N) is 1. The lowest BCUT2D eigenvalue weighted by atomic mass is 10.1. The molecule has 1 aromatic carbocycles. The molecule has 0 unspecified atom stereocenters. The predicted octanol–water partition coefficient (Wildman–Crippen LogP) is 2.29. The third-order valence-corrected chi connectivity index (χ3v) is 1.85. The van der Waals surface area contributed by atoms with E-state index in [1.54, 1.807) is 6.07 Å². The quantitative estimate of drug-likeness (QED) is 0.675. The van der Waals surface area contributed by atoms with Crippen molar-refractivity contribution in [2.75, 3.05) is 0 Å².